The Kier molecular flexibility index (Phi) is 8.54. The number of rotatable bonds is 9. The van der Waals surface area contributed by atoms with E-state index in [2.05, 4.69) is 5.32 Å². The lowest BCUT2D eigenvalue weighted by Crippen LogP contribution is -2.52. The molecule has 1 atom stereocenters. The minimum absolute atomic E-state index is 0.00731. The van der Waals surface area contributed by atoms with Crippen LogP contribution < -0.4 is 9.62 Å². The molecule has 0 aliphatic heterocycles. The fourth-order valence-electron chi connectivity index (χ4n) is 4.03. The quantitative estimate of drug-likeness (QED) is 0.558. The molecule has 7 nitrogen and oxygen atoms in total. The first-order chi connectivity index (χ1) is 16.1. The number of nitrogens with zero attached hydrogens (tertiary/aromatic N) is 2. The van der Waals surface area contributed by atoms with Crippen LogP contribution in [0.5, 0.6) is 0 Å². The van der Waals surface area contributed by atoms with Gasteiger partial charge in [-0.05, 0) is 43.5 Å². The third-order valence-electron chi connectivity index (χ3n) is 5.97. The van der Waals surface area contributed by atoms with Gasteiger partial charge in [0.2, 0.25) is 21.8 Å². The maximum atomic E-state index is 14.4. The Morgan fingerprint density at radius 3 is 2.35 bits per heavy atom. The Balaban J connectivity index is 1.90. The zero-order valence-electron chi connectivity index (χ0n) is 19.2. The van der Waals surface area contributed by atoms with Crippen molar-refractivity contribution in [1.82, 2.24) is 10.2 Å². The molecular formula is C24H29ClFN3O4S. The normalized spacial score (nSPS) is 15.1. The van der Waals surface area contributed by atoms with E-state index < -0.39 is 34.3 Å². The summed E-state index contributed by atoms with van der Waals surface area (Å²) in [6, 6.07) is 11.4. The van der Waals surface area contributed by atoms with E-state index in [0.29, 0.717) is 14.9 Å². The summed E-state index contributed by atoms with van der Waals surface area (Å²) < 4.78 is 40.1. The molecule has 2 amide bonds. The zero-order valence-corrected chi connectivity index (χ0v) is 20.8. The van der Waals surface area contributed by atoms with E-state index in [1.807, 2.05) is 0 Å². The predicted molar refractivity (Wildman–Crippen MR) is 130 cm³/mol. The van der Waals surface area contributed by atoms with Gasteiger partial charge in [-0.25, -0.2) is 12.8 Å². The zero-order chi connectivity index (χ0) is 24.9. The highest BCUT2D eigenvalue weighted by Crippen LogP contribution is 2.24. The molecule has 2 aromatic carbocycles. The van der Waals surface area contributed by atoms with Gasteiger partial charge < -0.3 is 10.2 Å². The third kappa shape index (κ3) is 6.48. The van der Waals surface area contributed by atoms with Crippen LogP contribution in [0.25, 0.3) is 0 Å². The molecule has 1 aliphatic carbocycles. The monoisotopic (exact) mass is 509 g/mol. The van der Waals surface area contributed by atoms with Gasteiger partial charge >= 0.3 is 0 Å². The number of nitrogens with one attached hydrogen (secondary N) is 1. The van der Waals surface area contributed by atoms with E-state index in [0.717, 1.165) is 38.0 Å². The summed E-state index contributed by atoms with van der Waals surface area (Å²) in [5.41, 5.74) is 0.369. The molecular weight excluding hydrogens is 481 g/mol. The van der Waals surface area contributed by atoms with Crippen LogP contribution in [-0.4, -0.2) is 50.0 Å². The van der Waals surface area contributed by atoms with Crippen molar-refractivity contribution in [3.63, 3.8) is 0 Å². The summed E-state index contributed by atoms with van der Waals surface area (Å²) in [6.07, 6.45) is 4.74. The van der Waals surface area contributed by atoms with Crippen molar-refractivity contribution in [1.29, 1.82) is 0 Å². The molecule has 0 radical (unpaired) electrons. The number of anilines is 1. The van der Waals surface area contributed by atoms with Crippen molar-refractivity contribution >= 4 is 39.1 Å². The Labute approximate surface area is 204 Å². The predicted octanol–water partition coefficient (Wildman–Crippen LogP) is 3.72. The highest BCUT2D eigenvalue weighted by molar-refractivity contribution is 7.92. The minimum Gasteiger partial charge on any atom is -0.352 e. The van der Waals surface area contributed by atoms with Gasteiger partial charge in [0, 0.05) is 17.6 Å². The minimum atomic E-state index is -4.00. The van der Waals surface area contributed by atoms with E-state index in [1.54, 1.807) is 31.2 Å². The SMILES string of the molecule is CC(C(=O)NC1CCCC1)N(Cc1ccccc1Cl)C(=O)CN(c1ccccc1F)S(C)(=O)=O. The van der Waals surface area contributed by atoms with Gasteiger partial charge in [-0.2, -0.15) is 0 Å². The number of benzene rings is 2. The van der Waals surface area contributed by atoms with E-state index in [1.165, 1.54) is 23.1 Å². The molecule has 1 aliphatic rings. The summed E-state index contributed by atoms with van der Waals surface area (Å²) in [6.45, 7) is 0.921. The lowest BCUT2D eigenvalue weighted by molar-refractivity contribution is -0.139. The Morgan fingerprint density at radius 2 is 1.74 bits per heavy atom. The van der Waals surface area contributed by atoms with Crippen molar-refractivity contribution in [2.45, 2.75) is 51.2 Å². The molecule has 0 spiro atoms. The van der Waals surface area contributed by atoms with Gasteiger partial charge in [0.05, 0.1) is 11.9 Å². The second kappa shape index (κ2) is 11.2. The Bertz CT molecular complexity index is 1140. The van der Waals surface area contributed by atoms with Crippen LogP contribution in [-0.2, 0) is 26.2 Å². The smallest absolute Gasteiger partial charge is 0.244 e. The van der Waals surface area contributed by atoms with E-state index in [-0.39, 0.29) is 24.2 Å². The van der Waals surface area contributed by atoms with Gasteiger partial charge in [-0.15, -0.1) is 0 Å². The van der Waals surface area contributed by atoms with Gasteiger partial charge in [-0.3, -0.25) is 13.9 Å². The van der Waals surface area contributed by atoms with Crippen LogP contribution in [0.15, 0.2) is 48.5 Å². The maximum absolute atomic E-state index is 14.4. The van der Waals surface area contributed by atoms with Gasteiger partial charge in [0.1, 0.15) is 18.4 Å². The number of carbonyl (C=O) groups excluding carboxylic acids is 2. The average molecular weight is 510 g/mol. The van der Waals surface area contributed by atoms with Crippen molar-refractivity contribution in [2.75, 3.05) is 17.1 Å². The first-order valence-corrected chi connectivity index (χ1v) is 13.4. The summed E-state index contributed by atoms with van der Waals surface area (Å²) in [5.74, 6) is -1.75. The van der Waals surface area contributed by atoms with Gasteiger partial charge in [0.25, 0.3) is 0 Å². The highest BCUT2D eigenvalue weighted by atomic mass is 35.5. The largest absolute Gasteiger partial charge is 0.352 e. The molecule has 2 aromatic rings. The standard InChI is InChI=1S/C24H29ClFN3O4S/c1-17(24(31)27-19-10-4-5-11-19)28(15-18-9-3-6-12-20(18)25)23(30)16-29(34(2,32)33)22-14-8-7-13-21(22)26/h3,6-9,12-14,17,19H,4-5,10-11,15-16H2,1-2H3,(H,27,31). The summed E-state index contributed by atoms with van der Waals surface area (Å²) in [5, 5.41) is 3.40. The topological polar surface area (TPSA) is 86.8 Å². The number of carbonyl (C=O) groups is 2. The van der Waals surface area contributed by atoms with Crippen molar-refractivity contribution in [2.24, 2.45) is 0 Å². The van der Waals surface area contributed by atoms with E-state index in [4.69, 9.17) is 11.6 Å². The van der Waals surface area contributed by atoms with Crippen molar-refractivity contribution in [3.05, 3.63) is 64.9 Å². The molecule has 3 rings (SSSR count). The second-order valence-corrected chi connectivity index (χ2v) is 10.8. The van der Waals surface area contributed by atoms with Crippen molar-refractivity contribution < 1.29 is 22.4 Å². The number of para-hydroxylation sites is 1. The summed E-state index contributed by atoms with van der Waals surface area (Å²) >= 11 is 6.30. The molecule has 1 saturated carbocycles. The third-order valence-corrected chi connectivity index (χ3v) is 7.46. The fraction of sp³-hybridized carbons (Fsp3) is 0.417. The molecule has 0 saturated heterocycles. The lowest BCUT2D eigenvalue weighted by atomic mass is 10.1. The van der Waals surface area contributed by atoms with Crippen LogP contribution in [0.1, 0.15) is 38.2 Å². The van der Waals surface area contributed by atoms with Gasteiger partial charge in [0.15, 0.2) is 0 Å². The first kappa shape index (κ1) is 26.0. The van der Waals surface area contributed by atoms with Crippen LogP contribution >= 0.6 is 11.6 Å². The number of amides is 2. The summed E-state index contributed by atoms with van der Waals surface area (Å²) in [4.78, 5) is 27.7. The van der Waals surface area contributed by atoms with Crippen molar-refractivity contribution in [3.8, 4) is 0 Å². The molecule has 1 fully saturated rings. The number of hydrogen-bond donors (Lipinski definition) is 1. The van der Waals surface area contributed by atoms with E-state index in [9.17, 15) is 22.4 Å². The number of hydrogen-bond acceptors (Lipinski definition) is 4. The van der Waals surface area contributed by atoms with Crippen LogP contribution in [0.3, 0.4) is 0 Å². The maximum Gasteiger partial charge on any atom is 0.244 e. The Hall–Kier alpha value is -2.65. The van der Waals surface area contributed by atoms with Crippen LogP contribution in [0.2, 0.25) is 5.02 Å². The number of halogens is 2. The molecule has 1 unspecified atom stereocenters. The molecule has 184 valence electrons. The van der Waals surface area contributed by atoms with Crippen LogP contribution in [0, 0.1) is 5.82 Å². The van der Waals surface area contributed by atoms with Gasteiger partial charge in [-0.1, -0.05) is 54.8 Å². The Morgan fingerprint density at radius 1 is 1.12 bits per heavy atom. The molecule has 10 heteroatoms. The van der Waals surface area contributed by atoms with E-state index >= 15 is 0 Å². The molecule has 0 heterocycles. The summed E-state index contributed by atoms with van der Waals surface area (Å²) in [7, 11) is -4.00. The fourth-order valence-corrected chi connectivity index (χ4v) is 5.08. The first-order valence-electron chi connectivity index (χ1n) is 11.1. The van der Waals surface area contributed by atoms with Crippen LogP contribution in [0.4, 0.5) is 10.1 Å². The number of sulfonamides is 1. The average Bonchev–Trinajstić information content (AvgIpc) is 3.29. The molecule has 0 aromatic heterocycles. The molecule has 1 N–H and O–H groups in total. The lowest BCUT2D eigenvalue weighted by Gasteiger charge is -2.32. The second-order valence-electron chi connectivity index (χ2n) is 8.50. The highest BCUT2D eigenvalue weighted by Gasteiger charge is 2.32. The molecule has 0 bridgehead atoms. The molecule has 34 heavy (non-hydrogen) atoms.